The lowest BCUT2D eigenvalue weighted by atomic mass is 10.1. The Labute approximate surface area is 134 Å². The van der Waals surface area contributed by atoms with E-state index in [0.29, 0.717) is 6.42 Å². The van der Waals surface area contributed by atoms with Crippen molar-refractivity contribution >= 4 is 11.6 Å². The smallest absolute Gasteiger partial charge is 0.228 e. The minimum Gasteiger partial charge on any atom is -0.497 e. The predicted molar refractivity (Wildman–Crippen MR) is 89.4 cm³/mol. The third-order valence-corrected chi connectivity index (χ3v) is 3.48. The summed E-state index contributed by atoms with van der Waals surface area (Å²) in [5.74, 6) is 0.687. The van der Waals surface area contributed by atoms with Gasteiger partial charge >= 0.3 is 0 Å². The van der Waals surface area contributed by atoms with Crippen LogP contribution in [0.4, 0.5) is 5.69 Å². The molecule has 3 rings (SSSR count). The van der Waals surface area contributed by atoms with Crippen molar-refractivity contribution in [1.29, 1.82) is 0 Å². The standard InChI is InChI=1S/C18H17N3O2/c1-23-16-4-2-3-13(9-16)10-18(22)21-15-7-5-14(6-8-15)17-11-19-12-20-17/h2-9,11-12H,10H2,1H3,(H,19,20)(H,21,22). The van der Waals surface area contributed by atoms with Crippen LogP contribution in [0.3, 0.4) is 0 Å². The number of nitrogens with zero attached hydrogens (tertiary/aromatic N) is 1. The van der Waals surface area contributed by atoms with E-state index in [1.807, 2.05) is 48.5 Å². The summed E-state index contributed by atoms with van der Waals surface area (Å²) in [4.78, 5) is 19.2. The van der Waals surface area contributed by atoms with Crippen molar-refractivity contribution in [2.24, 2.45) is 0 Å². The molecule has 23 heavy (non-hydrogen) atoms. The lowest BCUT2D eigenvalue weighted by Gasteiger charge is -2.07. The number of carbonyl (C=O) groups is 1. The Bertz CT molecular complexity index is 780. The number of carbonyl (C=O) groups excluding carboxylic acids is 1. The average molecular weight is 307 g/mol. The predicted octanol–water partition coefficient (Wildman–Crippen LogP) is 3.27. The molecular formula is C18H17N3O2. The number of hydrogen-bond acceptors (Lipinski definition) is 3. The van der Waals surface area contributed by atoms with Gasteiger partial charge in [0.25, 0.3) is 0 Å². The molecule has 0 atom stereocenters. The Morgan fingerprint density at radius 1 is 1.22 bits per heavy atom. The molecule has 0 spiro atoms. The molecule has 5 heteroatoms. The molecule has 0 unspecified atom stereocenters. The summed E-state index contributed by atoms with van der Waals surface area (Å²) in [6, 6.07) is 15.1. The molecule has 0 aliphatic rings. The number of rotatable bonds is 5. The number of imidazole rings is 1. The molecule has 1 aromatic heterocycles. The van der Waals surface area contributed by atoms with Crippen LogP contribution in [0.5, 0.6) is 5.75 Å². The van der Waals surface area contributed by atoms with E-state index in [1.165, 1.54) is 0 Å². The van der Waals surface area contributed by atoms with Gasteiger partial charge in [-0.05, 0) is 35.4 Å². The lowest BCUT2D eigenvalue weighted by Crippen LogP contribution is -2.14. The highest BCUT2D eigenvalue weighted by Gasteiger charge is 2.06. The number of ether oxygens (including phenoxy) is 1. The van der Waals surface area contributed by atoms with Crippen LogP contribution in [0.25, 0.3) is 11.3 Å². The zero-order chi connectivity index (χ0) is 16.1. The van der Waals surface area contributed by atoms with Gasteiger partial charge in [-0.25, -0.2) is 4.98 Å². The van der Waals surface area contributed by atoms with E-state index in [9.17, 15) is 4.79 Å². The van der Waals surface area contributed by atoms with Crippen molar-refractivity contribution in [3.63, 3.8) is 0 Å². The van der Waals surface area contributed by atoms with Gasteiger partial charge in [0.15, 0.2) is 0 Å². The second-order valence-corrected chi connectivity index (χ2v) is 5.12. The number of anilines is 1. The van der Waals surface area contributed by atoms with E-state index in [-0.39, 0.29) is 5.91 Å². The van der Waals surface area contributed by atoms with Crippen LogP contribution in [-0.4, -0.2) is 23.0 Å². The van der Waals surface area contributed by atoms with Crippen molar-refractivity contribution in [1.82, 2.24) is 9.97 Å². The van der Waals surface area contributed by atoms with Crippen molar-refractivity contribution < 1.29 is 9.53 Å². The maximum atomic E-state index is 12.1. The van der Waals surface area contributed by atoms with Crippen LogP contribution in [0.2, 0.25) is 0 Å². The normalized spacial score (nSPS) is 10.3. The number of amides is 1. The van der Waals surface area contributed by atoms with Crippen LogP contribution < -0.4 is 10.1 Å². The SMILES string of the molecule is COc1cccc(CC(=O)Nc2ccc(-c3cnc[nH]3)cc2)c1. The van der Waals surface area contributed by atoms with E-state index in [0.717, 1.165) is 28.3 Å². The Morgan fingerprint density at radius 3 is 2.74 bits per heavy atom. The van der Waals surface area contributed by atoms with Crippen LogP contribution in [0.15, 0.2) is 61.1 Å². The maximum Gasteiger partial charge on any atom is 0.228 e. The van der Waals surface area contributed by atoms with Gasteiger partial charge < -0.3 is 15.0 Å². The first-order valence-electron chi connectivity index (χ1n) is 7.26. The van der Waals surface area contributed by atoms with Crippen molar-refractivity contribution in [2.45, 2.75) is 6.42 Å². The van der Waals surface area contributed by atoms with Crippen LogP contribution in [0, 0.1) is 0 Å². The molecule has 0 aliphatic carbocycles. The van der Waals surface area contributed by atoms with Crippen LogP contribution in [0.1, 0.15) is 5.56 Å². The zero-order valence-corrected chi connectivity index (χ0v) is 12.7. The Morgan fingerprint density at radius 2 is 2.04 bits per heavy atom. The Balaban J connectivity index is 1.63. The first-order chi connectivity index (χ1) is 11.2. The minimum absolute atomic E-state index is 0.0625. The molecule has 0 bridgehead atoms. The van der Waals surface area contributed by atoms with Gasteiger partial charge in [-0.3, -0.25) is 4.79 Å². The first-order valence-corrected chi connectivity index (χ1v) is 7.26. The second-order valence-electron chi connectivity index (χ2n) is 5.12. The summed E-state index contributed by atoms with van der Waals surface area (Å²) in [5, 5.41) is 2.89. The number of methoxy groups -OCH3 is 1. The monoisotopic (exact) mass is 307 g/mol. The van der Waals surface area contributed by atoms with Gasteiger partial charge in [-0.15, -0.1) is 0 Å². The summed E-state index contributed by atoms with van der Waals surface area (Å²) < 4.78 is 5.16. The highest BCUT2D eigenvalue weighted by Crippen LogP contribution is 2.19. The molecule has 116 valence electrons. The molecule has 5 nitrogen and oxygen atoms in total. The van der Waals surface area contributed by atoms with Crippen LogP contribution in [-0.2, 0) is 11.2 Å². The van der Waals surface area contributed by atoms with Crippen LogP contribution >= 0.6 is 0 Å². The van der Waals surface area contributed by atoms with Crippen molar-refractivity contribution in [3.05, 3.63) is 66.6 Å². The van der Waals surface area contributed by atoms with Gasteiger partial charge in [0.2, 0.25) is 5.91 Å². The molecule has 0 fully saturated rings. The second kappa shape index (κ2) is 6.79. The number of nitrogens with one attached hydrogen (secondary N) is 2. The van der Waals surface area contributed by atoms with Gasteiger partial charge in [-0.2, -0.15) is 0 Å². The fourth-order valence-corrected chi connectivity index (χ4v) is 2.32. The average Bonchev–Trinajstić information content (AvgIpc) is 3.10. The third kappa shape index (κ3) is 3.77. The van der Waals surface area contributed by atoms with E-state index < -0.39 is 0 Å². The fourth-order valence-electron chi connectivity index (χ4n) is 2.32. The van der Waals surface area contributed by atoms with Crippen molar-refractivity contribution in [3.8, 4) is 17.0 Å². The number of hydrogen-bond donors (Lipinski definition) is 2. The molecule has 2 N–H and O–H groups in total. The molecule has 1 amide bonds. The van der Waals surface area contributed by atoms with E-state index in [4.69, 9.17) is 4.74 Å². The van der Waals surface area contributed by atoms with Gasteiger partial charge in [0.05, 0.1) is 31.7 Å². The molecule has 2 aromatic carbocycles. The van der Waals surface area contributed by atoms with Gasteiger partial charge in [0, 0.05) is 5.69 Å². The lowest BCUT2D eigenvalue weighted by molar-refractivity contribution is -0.115. The minimum atomic E-state index is -0.0625. The van der Waals surface area contributed by atoms with E-state index in [2.05, 4.69) is 15.3 Å². The summed E-state index contributed by atoms with van der Waals surface area (Å²) in [6.07, 6.45) is 3.70. The number of benzene rings is 2. The molecule has 0 saturated carbocycles. The molecule has 0 aliphatic heterocycles. The maximum absolute atomic E-state index is 12.1. The summed E-state index contributed by atoms with van der Waals surface area (Å²) in [7, 11) is 1.61. The third-order valence-electron chi connectivity index (χ3n) is 3.48. The fraction of sp³-hybridized carbons (Fsp3) is 0.111. The zero-order valence-electron chi connectivity index (χ0n) is 12.7. The van der Waals surface area contributed by atoms with E-state index >= 15 is 0 Å². The molecule has 1 heterocycles. The Kier molecular flexibility index (Phi) is 4.38. The number of aromatic nitrogens is 2. The summed E-state index contributed by atoms with van der Waals surface area (Å²) in [6.45, 7) is 0. The summed E-state index contributed by atoms with van der Waals surface area (Å²) >= 11 is 0. The number of aromatic amines is 1. The Hall–Kier alpha value is -3.08. The quantitative estimate of drug-likeness (QED) is 0.760. The molecule has 0 saturated heterocycles. The van der Waals surface area contributed by atoms with E-state index in [1.54, 1.807) is 19.6 Å². The summed E-state index contributed by atoms with van der Waals surface area (Å²) in [5.41, 5.74) is 3.64. The molecule has 3 aromatic rings. The highest BCUT2D eigenvalue weighted by molar-refractivity contribution is 5.92. The van der Waals surface area contributed by atoms with Crippen molar-refractivity contribution in [2.75, 3.05) is 12.4 Å². The van der Waals surface area contributed by atoms with Gasteiger partial charge in [0.1, 0.15) is 5.75 Å². The first kappa shape index (κ1) is 14.8. The molecular weight excluding hydrogens is 290 g/mol. The largest absolute Gasteiger partial charge is 0.497 e. The highest BCUT2D eigenvalue weighted by atomic mass is 16.5. The number of H-pyrrole nitrogens is 1. The topological polar surface area (TPSA) is 67.0 Å². The van der Waals surface area contributed by atoms with Gasteiger partial charge in [-0.1, -0.05) is 24.3 Å². The molecule has 0 radical (unpaired) electrons.